The summed E-state index contributed by atoms with van der Waals surface area (Å²) in [5.41, 5.74) is 6.61. The molecule has 56 valence electrons. The molecule has 1 N–H and O–H groups in total. The van der Waals surface area contributed by atoms with E-state index in [9.17, 15) is 0 Å². The third-order valence-corrected chi connectivity index (χ3v) is 1.03. The Morgan fingerprint density at radius 3 is 2.80 bits per heavy atom. The maximum Gasteiger partial charge on any atom is 0.111 e. The molecule has 0 aromatic carbocycles. The summed E-state index contributed by atoms with van der Waals surface area (Å²) in [6.45, 7) is 5.38. The lowest BCUT2D eigenvalue weighted by atomic mass is 10.3. The van der Waals surface area contributed by atoms with Crippen LogP contribution < -0.4 is 0 Å². The molecule has 3 heteroatoms. The molecule has 0 saturated carbocycles. The van der Waals surface area contributed by atoms with Crippen molar-refractivity contribution < 1.29 is 4.74 Å². The highest BCUT2D eigenvalue weighted by Crippen LogP contribution is 1.96. The third kappa shape index (κ3) is 3.83. The van der Waals surface area contributed by atoms with Crippen LogP contribution in [0.3, 0.4) is 0 Å². The predicted octanol–water partition coefficient (Wildman–Crippen LogP) is 2.12. The van der Waals surface area contributed by atoms with Gasteiger partial charge in [0.2, 0.25) is 0 Å². The monoisotopic (exact) mass is 140 g/mol. The molecule has 0 aromatic rings. The molecule has 0 radical (unpaired) electrons. The minimum absolute atomic E-state index is 0.0908. The van der Waals surface area contributed by atoms with Crippen LogP contribution in [-0.2, 0) is 4.74 Å². The zero-order chi connectivity index (χ0) is 7.98. The van der Waals surface area contributed by atoms with E-state index in [4.69, 9.17) is 10.3 Å². The Labute approximate surface area is 60.9 Å². The minimum Gasteiger partial charge on any atom is -0.497 e. The SMILES string of the molecule is C=C(/C=C\C(C)N=N)OC. The lowest BCUT2D eigenvalue weighted by Gasteiger charge is -1.96. The summed E-state index contributed by atoms with van der Waals surface area (Å²) in [6, 6.07) is -0.0908. The van der Waals surface area contributed by atoms with Crippen LogP contribution in [0.15, 0.2) is 29.6 Å². The Morgan fingerprint density at radius 1 is 1.80 bits per heavy atom. The van der Waals surface area contributed by atoms with Crippen molar-refractivity contribution in [2.75, 3.05) is 7.11 Å². The standard InChI is InChI=1S/C7H12N2O/c1-6(9-8)4-5-7(2)10-3/h4-6,8H,2H2,1,3H3/b5-4-,9-8?. The van der Waals surface area contributed by atoms with Gasteiger partial charge in [0.1, 0.15) is 5.76 Å². The van der Waals surface area contributed by atoms with Crippen LogP contribution in [0, 0.1) is 5.53 Å². The van der Waals surface area contributed by atoms with Gasteiger partial charge in [-0.2, -0.15) is 5.11 Å². The van der Waals surface area contributed by atoms with Crippen molar-refractivity contribution in [1.82, 2.24) is 0 Å². The van der Waals surface area contributed by atoms with Gasteiger partial charge in [0.05, 0.1) is 13.2 Å². The number of hydrogen-bond acceptors (Lipinski definition) is 3. The number of hydrogen-bond donors (Lipinski definition) is 1. The van der Waals surface area contributed by atoms with E-state index < -0.39 is 0 Å². The molecule has 0 bridgehead atoms. The fourth-order valence-electron chi connectivity index (χ4n) is 0.358. The molecule has 0 aliphatic rings. The molecular formula is C7H12N2O. The largest absolute Gasteiger partial charge is 0.497 e. The summed E-state index contributed by atoms with van der Waals surface area (Å²) < 4.78 is 4.76. The number of rotatable bonds is 4. The molecule has 0 saturated heterocycles. The van der Waals surface area contributed by atoms with Crippen molar-refractivity contribution in [1.29, 1.82) is 5.53 Å². The van der Waals surface area contributed by atoms with Gasteiger partial charge >= 0.3 is 0 Å². The quantitative estimate of drug-likeness (QED) is 0.363. The summed E-state index contributed by atoms with van der Waals surface area (Å²) >= 11 is 0. The maximum atomic E-state index is 6.61. The van der Waals surface area contributed by atoms with E-state index in [-0.39, 0.29) is 6.04 Å². The highest BCUT2D eigenvalue weighted by atomic mass is 16.5. The summed E-state index contributed by atoms with van der Waals surface area (Å²) in [6.07, 6.45) is 3.45. The van der Waals surface area contributed by atoms with Gasteiger partial charge in [0.15, 0.2) is 0 Å². The molecule has 0 amide bonds. The fraction of sp³-hybridized carbons (Fsp3) is 0.429. The second kappa shape index (κ2) is 4.73. The number of nitrogens with zero attached hydrogens (tertiary/aromatic N) is 1. The van der Waals surface area contributed by atoms with Gasteiger partial charge in [0, 0.05) is 0 Å². The molecular weight excluding hydrogens is 128 g/mol. The van der Waals surface area contributed by atoms with Crippen LogP contribution in [0.1, 0.15) is 6.92 Å². The topological polar surface area (TPSA) is 45.4 Å². The molecule has 0 aliphatic carbocycles. The van der Waals surface area contributed by atoms with Gasteiger partial charge in [-0.25, -0.2) is 5.53 Å². The Hall–Kier alpha value is -1.12. The normalized spacial score (nSPS) is 13.0. The zero-order valence-corrected chi connectivity index (χ0v) is 6.29. The first-order valence-corrected chi connectivity index (χ1v) is 2.98. The van der Waals surface area contributed by atoms with Crippen LogP contribution >= 0.6 is 0 Å². The van der Waals surface area contributed by atoms with Crippen LogP contribution in [0.4, 0.5) is 0 Å². The van der Waals surface area contributed by atoms with Crippen molar-refractivity contribution in [3.8, 4) is 0 Å². The summed E-state index contributed by atoms with van der Waals surface area (Å²) in [5, 5.41) is 3.26. The molecule has 0 aliphatic heterocycles. The number of methoxy groups -OCH3 is 1. The maximum absolute atomic E-state index is 6.61. The molecule has 3 nitrogen and oxygen atoms in total. The van der Waals surface area contributed by atoms with Crippen molar-refractivity contribution in [2.45, 2.75) is 13.0 Å². The van der Waals surface area contributed by atoms with Crippen LogP contribution in [-0.4, -0.2) is 13.2 Å². The van der Waals surface area contributed by atoms with Gasteiger partial charge in [0.25, 0.3) is 0 Å². The van der Waals surface area contributed by atoms with Gasteiger partial charge < -0.3 is 4.74 Å². The average Bonchev–Trinajstić information content (AvgIpc) is 1.99. The van der Waals surface area contributed by atoms with Crippen LogP contribution in [0.5, 0.6) is 0 Å². The molecule has 10 heavy (non-hydrogen) atoms. The molecule has 1 unspecified atom stereocenters. The van der Waals surface area contributed by atoms with E-state index in [1.807, 2.05) is 6.92 Å². The molecule has 0 heterocycles. The third-order valence-electron chi connectivity index (χ3n) is 1.03. The molecule has 0 spiro atoms. The van der Waals surface area contributed by atoms with Gasteiger partial charge in [-0.15, -0.1) is 0 Å². The first-order chi connectivity index (χ1) is 4.70. The van der Waals surface area contributed by atoms with Gasteiger partial charge in [-0.1, -0.05) is 12.7 Å². The van der Waals surface area contributed by atoms with Crippen molar-refractivity contribution in [3.05, 3.63) is 24.5 Å². The first kappa shape index (κ1) is 8.88. The fourth-order valence-corrected chi connectivity index (χ4v) is 0.358. The van der Waals surface area contributed by atoms with Crippen molar-refractivity contribution in [3.63, 3.8) is 0 Å². The first-order valence-electron chi connectivity index (χ1n) is 2.98. The lowest BCUT2D eigenvalue weighted by molar-refractivity contribution is 0.308. The number of ether oxygens (including phenoxy) is 1. The van der Waals surface area contributed by atoms with E-state index in [1.54, 1.807) is 19.3 Å². The van der Waals surface area contributed by atoms with Crippen LogP contribution in [0.25, 0.3) is 0 Å². The second-order valence-corrected chi connectivity index (χ2v) is 1.90. The lowest BCUT2D eigenvalue weighted by Crippen LogP contribution is -1.89. The van der Waals surface area contributed by atoms with Crippen molar-refractivity contribution >= 4 is 0 Å². The number of nitrogens with one attached hydrogen (secondary N) is 1. The highest BCUT2D eigenvalue weighted by Gasteiger charge is 1.89. The zero-order valence-electron chi connectivity index (χ0n) is 6.29. The highest BCUT2D eigenvalue weighted by molar-refractivity contribution is 5.09. The van der Waals surface area contributed by atoms with E-state index >= 15 is 0 Å². The Kier molecular flexibility index (Phi) is 4.20. The summed E-state index contributed by atoms with van der Waals surface area (Å²) in [7, 11) is 1.55. The van der Waals surface area contributed by atoms with Gasteiger partial charge in [-0.05, 0) is 13.0 Å². The summed E-state index contributed by atoms with van der Waals surface area (Å²) in [5.74, 6) is 0.579. The van der Waals surface area contributed by atoms with Crippen molar-refractivity contribution in [2.24, 2.45) is 5.11 Å². The van der Waals surface area contributed by atoms with E-state index in [0.29, 0.717) is 5.76 Å². The second-order valence-electron chi connectivity index (χ2n) is 1.90. The van der Waals surface area contributed by atoms with Crippen LogP contribution in [0.2, 0.25) is 0 Å². The summed E-state index contributed by atoms with van der Waals surface area (Å²) in [4.78, 5) is 0. The number of allylic oxidation sites excluding steroid dienone is 1. The van der Waals surface area contributed by atoms with E-state index in [0.717, 1.165) is 0 Å². The molecule has 0 fully saturated rings. The van der Waals surface area contributed by atoms with E-state index in [2.05, 4.69) is 11.7 Å². The average molecular weight is 140 g/mol. The Morgan fingerprint density at radius 2 is 2.40 bits per heavy atom. The molecule has 0 rings (SSSR count). The van der Waals surface area contributed by atoms with E-state index in [1.165, 1.54) is 0 Å². The Balaban J connectivity index is 3.74. The molecule has 1 atom stereocenters. The smallest absolute Gasteiger partial charge is 0.111 e. The molecule has 0 aromatic heterocycles. The Bertz CT molecular complexity index is 152. The minimum atomic E-state index is -0.0908. The van der Waals surface area contributed by atoms with Gasteiger partial charge in [-0.3, -0.25) is 0 Å². The predicted molar refractivity (Wildman–Crippen MR) is 39.9 cm³/mol.